The number of benzene rings is 1. The molecule has 0 spiro atoms. The van der Waals surface area contributed by atoms with Gasteiger partial charge in [0.05, 0.1) is 16.8 Å². The third-order valence-electron chi connectivity index (χ3n) is 2.22. The molecule has 114 valence electrons. The van der Waals surface area contributed by atoms with Crippen molar-refractivity contribution in [2.75, 3.05) is 13.2 Å². The second kappa shape index (κ2) is 6.83. The Morgan fingerprint density at radius 1 is 1.33 bits per heavy atom. The highest BCUT2D eigenvalue weighted by molar-refractivity contribution is 7.18. The average Bonchev–Trinajstić information content (AvgIpc) is 2.79. The number of aromatic nitrogens is 1. The molecule has 1 N–H and O–H groups in total. The van der Waals surface area contributed by atoms with Crippen LogP contribution in [0.2, 0.25) is 0 Å². The van der Waals surface area contributed by atoms with Gasteiger partial charge in [-0.15, -0.1) is 11.3 Å². The normalized spacial score (nSPS) is 11.8. The van der Waals surface area contributed by atoms with Gasteiger partial charge in [-0.25, -0.2) is 10.5 Å². The van der Waals surface area contributed by atoms with Gasteiger partial charge < -0.3 is 4.74 Å². The smallest absolute Gasteiger partial charge is 0.364 e. The number of amides is 1. The fourth-order valence-electron chi connectivity index (χ4n) is 1.44. The van der Waals surface area contributed by atoms with Crippen molar-refractivity contribution in [3.05, 3.63) is 29.3 Å². The van der Waals surface area contributed by atoms with E-state index in [1.807, 2.05) is 24.3 Å². The predicted octanol–water partition coefficient (Wildman–Crippen LogP) is 2.42. The fourth-order valence-corrected chi connectivity index (χ4v) is 2.35. The summed E-state index contributed by atoms with van der Waals surface area (Å²) < 4.78 is 41.4. The van der Waals surface area contributed by atoms with Gasteiger partial charge in [0.1, 0.15) is 11.6 Å². The second-order valence-electron chi connectivity index (χ2n) is 4.00. The van der Waals surface area contributed by atoms with Crippen LogP contribution in [0.5, 0.6) is 0 Å². The first kappa shape index (κ1) is 15.7. The molecule has 1 amide bonds. The molecule has 2 aromatic rings. The zero-order valence-corrected chi connectivity index (χ0v) is 11.5. The van der Waals surface area contributed by atoms with Crippen LogP contribution in [-0.4, -0.2) is 30.3 Å². The van der Waals surface area contributed by atoms with Crippen LogP contribution >= 0.6 is 11.3 Å². The number of ether oxygens (including phenoxy) is 1. The van der Waals surface area contributed by atoms with Crippen molar-refractivity contribution >= 4 is 27.5 Å². The number of nitrogens with zero attached hydrogens (tertiary/aromatic N) is 1. The minimum absolute atomic E-state index is 0.103. The van der Waals surface area contributed by atoms with Gasteiger partial charge in [0.2, 0.25) is 0 Å². The minimum atomic E-state index is -4.49. The highest BCUT2D eigenvalue weighted by Crippen LogP contribution is 2.21. The Morgan fingerprint density at radius 2 is 2.10 bits per heavy atom. The van der Waals surface area contributed by atoms with Crippen LogP contribution in [-0.2, 0) is 21.0 Å². The highest BCUT2D eigenvalue weighted by Gasteiger charge is 2.28. The maximum absolute atomic E-state index is 11.8. The van der Waals surface area contributed by atoms with Gasteiger partial charge >= 0.3 is 6.18 Å². The van der Waals surface area contributed by atoms with Crippen LogP contribution in [0.3, 0.4) is 0 Å². The van der Waals surface area contributed by atoms with Crippen molar-refractivity contribution in [2.45, 2.75) is 12.8 Å². The Hall–Kier alpha value is -1.71. The van der Waals surface area contributed by atoms with Gasteiger partial charge in [0.25, 0.3) is 5.91 Å². The topological polar surface area (TPSA) is 60.5 Å². The molecule has 0 bridgehead atoms. The van der Waals surface area contributed by atoms with Crippen LogP contribution in [0.1, 0.15) is 5.01 Å². The van der Waals surface area contributed by atoms with Gasteiger partial charge in [-0.3, -0.25) is 9.63 Å². The van der Waals surface area contributed by atoms with E-state index in [-0.39, 0.29) is 6.61 Å². The van der Waals surface area contributed by atoms with Gasteiger partial charge in [-0.2, -0.15) is 13.2 Å². The first-order valence-electron chi connectivity index (χ1n) is 5.83. The molecule has 2 rings (SSSR count). The van der Waals surface area contributed by atoms with Crippen molar-refractivity contribution < 1.29 is 27.5 Å². The largest absolute Gasteiger partial charge is 0.414 e. The molecule has 21 heavy (non-hydrogen) atoms. The molecule has 0 aliphatic rings. The summed E-state index contributed by atoms with van der Waals surface area (Å²) in [5.41, 5.74) is 2.48. The lowest BCUT2D eigenvalue weighted by Gasteiger charge is -2.08. The van der Waals surface area contributed by atoms with E-state index in [1.54, 1.807) is 5.48 Å². The number of fused-ring (bicyclic) bond motifs is 1. The van der Waals surface area contributed by atoms with Crippen LogP contribution in [0.25, 0.3) is 10.2 Å². The van der Waals surface area contributed by atoms with E-state index >= 15 is 0 Å². The van der Waals surface area contributed by atoms with E-state index in [0.717, 1.165) is 10.2 Å². The van der Waals surface area contributed by atoms with Gasteiger partial charge in [0.15, 0.2) is 6.61 Å². The lowest BCUT2D eigenvalue weighted by Crippen LogP contribution is -2.32. The van der Waals surface area contributed by atoms with Gasteiger partial charge in [-0.1, -0.05) is 12.1 Å². The molecule has 0 aliphatic heterocycles. The highest BCUT2D eigenvalue weighted by atomic mass is 32.1. The number of nitrogens with one attached hydrogen (secondary N) is 1. The second-order valence-corrected chi connectivity index (χ2v) is 5.11. The van der Waals surface area contributed by atoms with Crippen LogP contribution in [0, 0.1) is 0 Å². The van der Waals surface area contributed by atoms with E-state index in [4.69, 9.17) is 4.74 Å². The number of hydrogen-bond donors (Lipinski definition) is 1. The lowest BCUT2D eigenvalue weighted by molar-refractivity contribution is -0.192. The maximum Gasteiger partial charge on any atom is 0.414 e. The zero-order valence-electron chi connectivity index (χ0n) is 10.6. The molecule has 0 aliphatic carbocycles. The van der Waals surface area contributed by atoms with Crippen molar-refractivity contribution in [1.29, 1.82) is 0 Å². The molecule has 0 fully saturated rings. The molecular formula is C12H11F3N2O3S. The number of carbonyl (C=O) groups excluding carboxylic acids is 1. The van der Waals surface area contributed by atoms with Crippen LogP contribution < -0.4 is 5.48 Å². The molecular weight excluding hydrogens is 309 g/mol. The molecule has 1 aromatic carbocycles. The lowest BCUT2D eigenvalue weighted by atomic mass is 10.3. The molecule has 0 radical (unpaired) electrons. The maximum atomic E-state index is 11.8. The number of alkyl halides is 3. The SMILES string of the molecule is O=C(COCc1nc2ccccc2s1)NOCC(F)(F)F. The molecule has 0 saturated heterocycles. The Bertz CT molecular complexity index is 582. The van der Waals surface area contributed by atoms with E-state index in [0.29, 0.717) is 5.01 Å². The standard InChI is InChI=1S/C12H11F3N2O3S/c13-12(14,15)7-20-17-10(18)5-19-6-11-16-8-3-1-2-4-9(8)21-11/h1-4H,5-7H2,(H,17,18). The number of rotatable bonds is 6. The summed E-state index contributed by atoms with van der Waals surface area (Å²) in [6.07, 6.45) is -4.49. The first-order chi connectivity index (χ1) is 9.94. The number of carbonyl (C=O) groups is 1. The van der Waals surface area contributed by atoms with Crippen molar-refractivity contribution in [1.82, 2.24) is 10.5 Å². The number of thiazole rings is 1. The summed E-state index contributed by atoms with van der Waals surface area (Å²) in [6.45, 7) is -1.85. The number of halogens is 3. The third-order valence-corrected chi connectivity index (χ3v) is 3.23. The molecule has 9 heteroatoms. The van der Waals surface area contributed by atoms with E-state index in [2.05, 4.69) is 9.82 Å². The summed E-state index contributed by atoms with van der Waals surface area (Å²) in [6, 6.07) is 7.51. The Balaban J connectivity index is 1.70. The summed E-state index contributed by atoms with van der Waals surface area (Å²) in [5.74, 6) is -0.791. The van der Waals surface area contributed by atoms with E-state index in [9.17, 15) is 18.0 Å². The quantitative estimate of drug-likeness (QED) is 0.831. The number of hydroxylamine groups is 1. The van der Waals surface area contributed by atoms with Gasteiger partial charge in [0, 0.05) is 0 Å². The van der Waals surface area contributed by atoms with Gasteiger partial charge in [-0.05, 0) is 12.1 Å². The van der Waals surface area contributed by atoms with Crippen molar-refractivity contribution in [3.63, 3.8) is 0 Å². The summed E-state index contributed by atoms with van der Waals surface area (Å²) >= 11 is 1.42. The minimum Gasteiger partial charge on any atom is -0.364 e. The molecule has 5 nitrogen and oxygen atoms in total. The molecule has 1 aromatic heterocycles. The van der Waals surface area contributed by atoms with E-state index in [1.165, 1.54) is 11.3 Å². The Morgan fingerprint density at radius 3 is 2.81 bits per heavy atom. The van der Waals surface area contributed by atoms with Crippen LogP contribution in [0.4, 0.5) is 13.2 Å². The Labute approximate surface area is 121 Å². The number of hydrogen-bond acceptors (Lipinski definition) is 5. The summed E-state index contributed by atoms with van der Waals surface area (Å²) in [4.78, 5) is 19.4. The summed E-state index contributed by atoms with van der Waals surface area (Å²) in [5, 5.41) is 0.681. The molecule has 1 heterocycles. The monoisotopic (exact) mass is 320 g/mol. The molecule has 0 saturated carbocycles. The van der Waals surface area contributed by atoms with E-state index < -0.39 is 25.3 Å². The van der Waals surface area contributed by atoms with Crippen molar-refractivity contribution in [2.24, 2.45) is 0 Å². The molecule has 0 atom stereocenters. The third kappa shape index (κ3) is 5.29. The average molecular weight is 320 g/mol. The van der Waals surface area contributed by atoms with Crippen molar-refractivity contribution in [3.8, 4) is 0 Å². The fraction of sp³-hybridized carbons (Fsp3) is 0.333. The number of para-hydroxylation sites is 1. The summed E-state index contributed by atoms with van der Waals surface area (Å²) in [7, 11) is 0. The first-order valence-corrected chi connectivity index (χ1v) is 6.65. The van der Waals surface area contributed by atoms with Crippen LogP contribution in [0.15, 0.2) is 24.3 Å². The Kier molecular flexibility index (Phi) is 5.10. The zero-order chi connectivity index (χ0) is 15.3. The molecule has 0 unspecified atom stereocenters. The predicted molar refractivity (Wildman–Crippen MR) is 69.4 cm³/mol.